The molecule has 0 radical (unpaired) electrons. The number of carbonyl (C=O) groups excluding carboxylic acids is 1. The Labute approximate surface area is 146 Å². The van der Waals surface area contributed by atoms with Gasteiger partial charge in [-0.2, -0.15) is 0 Å². The molecule has 1 aliphatic heterocycles. The number of hydrogen-bond donors (Lipinski definition) is 1. The molecule has 1 amide bonds. The molecule has 6 nitrogen and oxygen atoms in total. The van der Waals surface area contributed by atoms with E-state index in [1.165, 1.54) is 44.2 Å². The van der Waals surface area contributed by atoms with E-state index in [1.54, 1.807) is 0 Å². The second-order valence-electron chi connectivity index (χ2n) is 6.46. The first kappa shape index (κ1) is 17.0. The molecular formula is C17H23N5OS. The van der Waals surface area contributed by atoms with Crippen LogP contribution in [0.15, 0.2) is 12.4 Å². The molecule has 1 N–H and O–H groups in total. The summed E-state index contributed by atoms with van der Waals surface area (Å²) in [5, 5.41) is 3.33. The summed E-state index contributed by atoms with van der Waals surface area (Å²) in [6.07, 6.45) is 7.16. The van der Waals surface area contributed by atoms with Crippen molar-refractivity contribution in [3.63, 3.8) is 0 Å². The molecule has 1 saturated heterocycles. The Morgan fingerprint density at radius 3 is 2.71 bits per heavy atom. The zero-order chi connectivity index (χ0) is 17.1. The van der Waals surface area contributed by atoms with Crippen LogP contribution in [0.2, 0.25) is 0 Å². The van der Waals surface area contributed by atoms with Crippen molar-refractivity contribution >= 4 is 22.4 Å². The van der Waals surface area contributed by atoms with Gasteiger partial charge in [0.15, 0.2) is 5.13 Å². The molecular weight excluding hydrogens is 322 g/mol. The normalized spacial score (nSPS) is 16.3. The summed E-state index contributed by atoms with van der Waals surface area (Å²) in [7, 11) is 2.18. The molecule has 0 unspecified atom stereocenters. The molecule has 128 valence electrons. The van der Waals surface area contributed by atoms with Gasteiger partial charge >= 0.3 is 0 Å². The van der Waals surface area contributed by atoms with Gasteiger partial charge in [0.2, 0.25) is 5.91 Å². The number of rotatable bonds is 4. The minimum Gasteiger partial charge on any atom is -0.306 e. The first-order valence-electron chi connectivity index (χ1n) is 8.26. The molecule has 0 atom stereocenters. The Hall–Kier alpha value is -1.86. The maximum atomic E-state index is 11.1. The highest BCUT2D eigenvalue weighted by atomic mass is 32.1. The van der Waals surface area contributed by atoms with E-state index < -0.39 is 0 Å². The lowest BCUT2D eigenvalue weighted by Crippen LogP contribution is -2.31. The van der Waals surface area contributed by atoms with E-state index in [1.807, 2.05) is 19.3 Å². The number of likely N-dealkylation sites (tertiary alicyclic amines) is 1. The Morgan fingerprint density at radius 1 is 1.33 bits per heavy atom. The van der Waals surface area contributed by atoms with Crippen LogP contribution in [-0.2, 0) is 11.2 Å². The third-order valence-electron chi connectivity index (χ3n) is 4.35. The van der Waals surface area contributed by atoms with Gasteiger partial charge in [-0.05, 0) is 52.2 Å². The van der Waals surface area contributed by atoms with E-state index in [4.69, 9.17) is 0 Å². The van der Waals surface area contributed by atoms with E-state index in [0.29, 0.717) is 11.0 Å². The second-order valence-corrected chi connectivity index (χ2v) is 7.46. The summed E-state index contributed by atoms with van der Waals surface area (Å²) in [4.78, 5) is 28.0. The lowest BCUT2D eigenvalue weighted by molar-refractivity contribution is -0.114. The van der Waals surface area contributed by atoms with E-state index in [2.05, 4.69) is 32.2 Å². The molecule has 3 rings (SSSR count). The van der Waals surface area contributed by atoms with Crippen LogP contribution in [0.4, 0.5) is 5.13 Å². The molecule has 24 heavy (non-hydrogen) atoms. The molecule has 0 spiro atoms. The van der Waals surface area contributed by atoms with E-state index >= 15 is 0 Å². The average Bonchev–Trinajstić information content (AvgIpc) is 2.90. The van der Waals surface area contributed by atoms with Gasteiger partial charge in [-0.15, -0.1) is 0 Å². The number of anilines is 1. The Balaban J connectivity index is 1.68. The maximum Gasteiger partial charge on any atom is 0.223 e. The predicted molar refractivity (Wildman–Crippen MR) is 96.1 cm³/mol. The van der Waals surface area contributed by atoms with Crippen LogP contribution in [-0.4, -0.2) is 45.9 Å². The average molecular weight is 345 g/mol. The first-order valence-corrected chi connectivity index (χ1v) is 9.08. The van der Waals surface area contributed by atoms with Crippen LogP contribution >= 0.6 is 11.3 Å². The van der Waals surface area contributed by atoms with Gasteiger partial charge in [-0.3, -0.25) is 14.8 Å². The lowest BCUT2D eigenvalue weighted by atomic mass is 9.92. The fourth-order valence-corrected chi connectivity index (χ4v) is 3.95. The van der Waals surface area contributed by atoms with Crippen LogP contribution in [0, 0.1) is 12.8 Å². The van der Waals surface area contributed by atoms with Crippen LogP contribution in [0.1, 0.15) is 31.2 Å². The largest absolute Gasteiger partial charge is 0.306 e. The SMILES string of the molecule is CC(=O)Nc1nc(C)c(-c2cnc(CC3CCN(C)CC3)cn2)s1. The van der Waals surface area contributed by atoms with E-state index in [0.717, 1.165) is 28.4 Å². The molecule has 1 aliphatic rings. The summed E-state index contributed by atoms with van der Waals surface area (Å²) in [5.41, 5.74) is 2.73. The van der Waals surface area contributed by atoms with Crippen molar-refractivity contribution in [1.82, 2.24) is 19.9 Å². The number of aryl methyl sites for hydroxylation is 1. The number of nitrogens with zero attached hydrogens (tertiary/aromatic N) is 4. The van der Waals surface area contributed by atoms with Crippen LogP contribution < -0.4 is 5.32 Å². The number of nitrogens with one attached hydrogen (secondary N) is 1. The van der Waals surface area contributed by atoms with Gasteiger partial charge in [0.25, 0.3) is 0 Å². The highest BCUT2D eigenvalue weighted by Crippen LogP contribution is 2.31. The maximum absolute atomic E-state index is 11.1. The fourth-order valence-electron chi connectivity index (χ4n) is 2.98. The summed E-state index contributed by atoms with van der Waals surface area (Å²) >= 11 is 1.43. The Morgan fingerprint density at radius 2 is 2.08 bits per heavy atom. The zero-order valence-electron chi connectivity index (χ0n) is 14.4. The topological polar surface area (TPSA) is 71.0 Å². The molecule has 0 aliphatic carbocycles. The lowest BCUT2D eigenvalue weighted by Gasteiger charge is -2.28. The van der Waals surface area contributed by atoms with Crippen molar-refractivity contribution in [2.24, 2.45) is 5.92 Å². The van der Waals surface area contributed by atoms with Crippen molar-refractivity contribution in [3.8, 4) is 10.6 Å². The summed E-state index contributed by atoms with van der Waals surface area (Å²) < 4.78 is 0. The number of thiazole rings is 1. The second kappa shape index (κ2) is 7.36. The summed E-state index contributed by atoms with van der Waals surface area (Å²) in [6, 6.07) is 0. The molecule has 2 aromatic rings. The highest BCUT2D eigenvalue weighted by molar-refractivity contribution is 7.19. The van der Waals surface area contributed by atoms with Gasteiger partial charge in [0, 0.05) is 13.1 Å². The minimum atomic E-state index is -0.116. The first-order chi connectivity index (χ1) is 11.5. The minimum absolute atomic E-state index is 0.116. The Bertz CT molecular complexity index is 704. The molecule has 0 aromatic carbocycles. The monoisotopic (exact) mass is 345 g/mol. The molecule has 1 fully saturated rings. The third kappa shape index (κ3) is 4.15. The van der Waals surface area contributed by atoms with Gasteiger partial charge < -0.3 is 10.2 Å². The van der Waals surface area contributed by atoms with Gasteiger partial charge in [-0.25, -0.2) is 4.98 Å². The Kier molecular flexibility index (Phi) is 5.20. The highest BCUT2D eigenvalue weighted by Gasteiger charge is 2.18. The third-order valence-corrected chi connectivity index (χ3v) is 5.45. The van der Waals surface area contributed by atoms with Crippen LogP contribution in [0.25, 0.3) is 10.6 Å². The molecule has 0 saturated carbocycles. The molecule has 2 aromatic heterocycles. The molecule has 0 bridgehead atoms. The van der Waals surface area contributed by atoms with Crippen LogP contribution in [0.3, 0.4) is 0 Å². The van der Waals surface area contributed by atoms with Crippen molar-refractivity contribution in [3.05, 3.63) is 23.8 Å². The van der Waals surface area contributed by atoms with Gasteiger partial charge in [-0.1, -0.05) is 11.3 Å². The van der Waals surface area contributed by atoms with Crippen LogP contribution in [0.5, 0.6) is 0 Å². The number of piperidine rings is 1. The molecule has 7 heteroatoms. The predicted octanol–water partition coefficient (Wildman–Crippen LogP) is 2.75. The summed E-state index contributed by atoms with van der Waals surface area (Å²) in [6.45, 7) is 5.74. The quantitative estimate of drug-likeness (QED) is 0.922. The smallest absolute Gasteiger partial charge is 0.223 e. The van der Waals surface area contributed by atoms with E-state index in [-0.39, 0.29) is 5.91 Å². The fraction of sp³-hybridized carbons (Fsp3) is 0.529. The summed E-state index contributed by atoms with van der Waals surface area (Å²) in [5.74, 6) is 0.590. The molecule has 3 heterocycles. The number of aromatic nitrogens is 3. The number of amides is 1. The number of carbonyl (C=O) groups is 1. The standard InChI is InChI=1S/C17H23N5OS/c1-11-16(24-17(20-11)21-12(2)23)15-10-18-14(9-19-15)8-13-4-6-22(3)7-5-13/h9-10,13H,4-8H2,1-3H3,(H,20,21,23). The van der Waals surface area contributed by atoms with Crippen molar-refractivity contribution in [1.29, 1.82) is 0 Å². The van der Waals surface area contributed by atoms with Crippen molar-refractivity contribution in [2.75, 3.05) is 25.5 Å². The van der Waals surface area contributed by atoms with Crippen molar-refractivity contribution < 1.29 is 4.79 Å². The van der Waals surface area contributed by atoms with E-state index in [9.17, 15) is 4.79 Å². The number of hydrogen-bond acceptors (Lipinski definition) is 6. The van der Waals surface area contributed by atoms with Gasteiger partial charge in [0.05, 0.1) is 22.5 Å². The van der Waals surface area contributed by atoms with Crippen molar-refractivity contribution in [2.45, 2.75) is 33.1 Å². The van der Waals surface area contributed by atoms with Gasteiger partial charge in [0.1, 0.15) is 5.69 Å². The zero-order valence-corrected chi connectivity index (χ0v) is 15.2.